The van der Waals surface area contributed by atoms with E-state index in [-0.39, 0.29) is 5.56 Å². The zero-order valence-electron chi connectivity index (χ0n) is 10.0. The van der Waals surface area contributed by atoms with Crippen molar-refractivity contribution in [2.24, 2.45) is 0 Å². The van der Waals surface area contributed by atoms with E-state index in [9.17, 15) is 4.79 Å². The molecule has 0 saturated carbocycles. The fraction of sp³-hybridized carbons (Fsp3) is 0.231. The van der Waals surface area contributed by atoms with Gasteiger partial charge in [-0.3, -0.25) is 0 Å². The Morgan fingerprint density at radius 2 is 2.28 bits per heavy atom. The zero-order valence-corrected chi connectivity index (χ0v) is 10.8. The van der Waals surface area contributed by atoms with Gasteiger partial charge in [-0.2, -0.15) is 0 Å². The van der Waals surface area contributed by atoms with Gasteiger partial charge in [-0.25, -0.2) is 9.78 Å². The van der Waals surface area contributed by atoms with Crippen LogP contribution in [-0.4, -0.2) is 16.1 Å². The highest BCUT2D eigenvalue weighted by Crippen LogP contribution is 2.18. The molecule has 0 fully saturated rings. The van der Waals surface area contributed by atoms with Gasteiger partial charge in [-0.1, -0.05) is 6.92 Å². The lowest BCUT2D eigenvalue weighted by Gasteiger charge is -2.05. The van der Waals surface area contributed by atoms with Crippen LogP contribution in [0.3, 0.4) is 0 Å². The molecule has 0 amide bonds. The van der Waals surface area contributed by atoms with Crippen molar-refractivity contribution in [1.29, 1.82) is 0 Å². The average Bonchev–Trinajstić information content (AvgIpc) is 2.84. The molecular weight excluding hydrogens is 248 g/mol. The highest BCUT2D eigenvalue weighted by atomic mass is 32.1. The number of aryl methyl sites for hydroxylation is 1. The van der Waals surface area contributed by atoms with Gasteiger partial charge in [0.2, 0.25) is 0 Å². The van der Waals surface area contributed by atoms with Gasteiger partial charge in [-0.15, -0.1) is 11.3 Å². The van der Waals surface area contributed by atoms with Gasteiger partial charge in [0.15, 0.2) is 0 Å². The zero-order chi connectivity index (χ0) is 13.0. The molecule has 0 aromatic carbocycles. The van der Waals surface area contributed by atoms with Gasteiger partial charge in [0.25, 0.3) is 0 Å². The van der Waals surface area contributed by atoms with E-state index in [4.69, 9.17) is 5.11 Å². The summed E-state index contributed by atoms with van der Waals surface area (Å²) in [5, 5.41) is 14.0. The number of carbonyl (C=O) groups is 1. The van der Waals surface area contributed by atoms with Crippen molar-refractivity contribution in [1.82, 2.24) is 4.98 Å². The van der Waals surface area contributed by atoms with Crippen LogP contribution in [0.4, 0.5) is 5.82 Å². The maximum atomic E-state index is 10.7. The molecule has 2 rings (SSSR count). The fourth-order valence-corrected chi connectivity index (χ4v) is 2.55. The summed E-state index contributed by atoms with van der Waals surface area (Å²) in [6.07, 6.45) is 2.38. The average molecular weight is 262 g/mol. The van der Waals surface area contributed by atoms with E-state index in [1.807, 2.05) is 0 Å². The van der Waals surface area contributed by atoms with Crippen molar-refractivity contribution in [3.63, 3.8) is 0 Å². The van der Waals surface area contributed by atoms with Gasteiger partial charge >= 0.3 is 5.97 Å². The second-order valence-electron chi connectivity index (χ2n) is 3.81. The highest BCUT2D eigenvalue weighted by molar-refractivity contribution is 7.10. The molecule has 0 spiro atoms. The molecule has 18 heavy (non-hydrogen) atoms. The van der Waals surface area contributed by atoms with E-state index < -0.39 is 5.97 Å². The topological polar surface area (TPSA) is 62.2 Å². The summed E-state index contributed by atoms with van der Waals surface area (Å²) in [5.41, 5.74) is 1.54. The molecule has 5 heteroatoms. The van der Waals surface area contributed by atoms with Crippen molar-refractivity contribution in [3.8, 4) is 0 Å². The molecule has 2 aromatic rings. The van der Waals surface area contributed by atoms with Crippen molar-refractivity contribution in [3.05, 3.63) is 45.8 Å². The van der Waals surface area contributed by atoms with E-state index >= 15 is 0 Å². The number of carboxylic acids is 1. The molecule has 0 aliphatic heterocycles. The summed E-state index contributed by atoms with van der Waals surface area (Å²) in [6, 6.07) is 5.36. The van der Waals surface area contributed by atoms with Crippen molar-refractivity contribution in [2.45, 2.75) is 19.9 Å². The second kappa shape index (κ2) is 5.64. The summed E-state index contributed by atoms with van der Waals surface area (Å²) in [4.78, 5) is 16.0. The fourth-order valence-electron chi connectivity index (χ4n) is 1.63. The second-order valence-corrected chi connectivity index (χ2v) is 4.81. The molecule has 0 unspecified atom stereocenters. The van der Waals surface area contributed by atoms with Crippen LogP contribution in [0, 0.1) is 0 Å². The molecule has 0 radical (unpaired) electrons. The highest BCUT2D eigenvalue weighted by Gasteiger charge is 2.04. The molecule has 2 aromatic heterocycles. The maximum absolute atomic E-state index is 10.7. The Labute approximate surface area is 109 Å². The van der Waals surface area contributed by atoms with Crippen LogP contribution in [0.1, 0.15) is 27.7 Å². The quantitative estimate of drug-likeness (QED) is 0.869. The Morgan fingerprint density at radius 1 is 1.44 bits per heavy atom. The van der Waals surface area contributed by atoms with Crippen LogP contribution in [0.15, 0.2) is 29.8 Å². The van der Waals surface area contributed by atoms with Gasteiger partial charge in [0, 0.05) is 11.1 Å². The van der Waals surface area contributed by atoms with Crippen molar-refractivity contribution < 1.29 is 9.90 Å². The van der Waals surface area contributed by atoms with E-state index in [0.29, 0.717) is 5.82 Å². The third-order valence-corrected chi connectivity index (χ3v) is 3.62. The standard InChI is InChI=1S/C13H14N2O2S/c1-2-9-5-6-18-11(9)8-15-12-4-3-10(7-14-12)13(16)17/h3-7H,2,8H2,1H3,(H,14,15)(H,16,17). The van der Waals surface area contributed by atoms with Gasteiger partial charge in [0.05, 0.1) is 12.1 Å². The van der Waals surface area contributed by atoms with E-state index in [1.54, 1.807) is 23.5 Å². The minimum atomic E-state index is -0.958. The van der Waals surface area contributed by atoms with Crippen LogP contribution in [0.5, 0.6) is 0 Å². The number of pyridine rings is 1. The van der Waals surface area contributed by atoms with Crippen LogP contribution >= 0.6 is 11.3 Å². The maximum Gasteiger partial charge on any atom is 0.337 e. The predicted molar refractivity (Wildman–Crippen MR) is 72.2 cm³/mol. The summed E-state index contributed by atoms with van der Waals surface area (Å²) >= 11 is 1.72. The molecule has 0 bridgehead atoms. The minimum Gasteiger partial charge on any atom is -0.478 e. The number of aromatic nitrogens is 1. The normalized spacial score (nSPS) is 10.3. The lowest BCUT2D eigenvalue weighted by molar-refractivity contribution is 0.0696. The lowest BCUT2D eigenvalue weighted by atomic mass is 10.2. The first-order valence-electron chi connectivity index (χ1n) is 5.69. The molecule has 4 nitrogen and oxygen atoms in total. The number of anilines is 1. The number of rotatable bonds is 5. The Bertz CT molecular complexity index is 534. The van der Waals surface area contributed by atoms with Crippen LogP contribution < -0.4 is 5.32 Å². The number of hydrogen-bond donors (Lipinski definition) is 2. The molecule has 0 aliphatic rings. The summed E-state index contributed by atoms with van der Waals surface area (Å²) < 4.78 is 0. The summed E-state index contributed by atoms with van der Waals surface area (Å²) in [7, 11) is 0. The van der Waals surface area contributed by atoms with Crippen LogP contribution in [-0.2, 0) is 13.0 Å². The summed E-state index contributed by atoms with van der Waals surface area (Å²) in [5.74, 6) is -0.268. The first-order chi connectivity index (χ1) is 8.70. The van der Waals surface area contributed by atoms with E-state index in [0.717, 1.165) is 13.0 Å². The molecule has 94 valence electrons. The molecule has 2 N–H and O–H groups in total. The molecule has 2 heterocycles. The van der Waals surface area contributed by atoms with Gasteiger partial charge in [0.1, 0.15) is 5.82 Å². The Hall–Kier alpha value is -1.88. The van der Waals surface area contributed by atoms with Crippen molar-refractivity contribution in [2.75, 3.05) is 5.32 Å². The largest absolute Gasteiger partial charge is 0.478 e. The van der Waals surface area contributed by atoms with Crippen LogP contribution in [0.25, 0.3) is 0 Å². The monoisotopic (exact) mass is 262 g/mol. The molecule has 0 atom stereocenters. The first-order valence-corrected chi connectivity index (χ1v) is 6.57. The number of aromatic carboxylic acids is 1. The number of carboxylic acid groups (broad SMARTS) is 1. The number of hydrogen-bond acceptors (Lipinski definition) is 4. The third kappa shape index (κ3) is 2.87. The molecule has 0 aliphatic carbocycles. The number of nitrogens with zero attached hydrogens (tertiary/aromatic N) is 1. The minimum absolute atomic E-state index is 0.200. The predicted octanol–water partition coefficient (Wildman–Crippen LogP) is 3.02. The van der Waals surface area contributed by atoms with E-state index in [2.05, 4.69) is 28.7 Å². The smallest absolute Gasteiger partial charge is 0.337 e. The number of thiophene rings is 1. The Balaban J connectivity index is 2.00. The van der Waals surface area contributed by atoms with Crippen molar-refractivity contribution >= 4 is 23.1 Å². The van der Waals surface area contributed by atoms with Crippen LogP contribution in [0.2, 0.25) is 0 Å². The first kappa shape index (κ1) is 12.6. The molecular formula is C13H14N2O2S. The molecule has 0 saturated heterocycles. The lowest BCUT2D eigenvalue weighted by Crippen LogP contribution is -2.03. The Morgan fingerprint density at radius 3 is 2.89 bits per heavy atom. The van der Waals surface area contributed by atoms with Gasteiger partial charge in [-0.05, 0) is 35.6 Å². The summed E-state index contributed by atoms with van der Waals surface area (Å²) in [6.45, 7) is 2.85. The Kier molecular flexibility index (Phi) is 3.94. The van der Waals surface area contributed by atoms with Gasteiger partial charge < -0.3 is 10.4 Å². The SMILES string of the molecule is CCc1ccsc1CNc1ccc(C(=O)O)cn1. The number of nitrogens with one attached hydrogen (secondary N) is 1. The third-order valence-electron chi connectivity index (χ3n) is 2.66. The van der Waals surface area contributed by atoms with E-state index in [1.165, 1.54) is 16.6 Å².